The van der Waals surface area contributed by atoms with Gasteiger partial charge in [-0.25, -0.2) is 0 Å². The second-order valence-electron chi connectivity index (χ2n) is 6.22. The van der Waals surface area contributed by atoms with Crippen molar-refractivity contribution in [1.29, 1.82) is 0 Å². The zero-order valence-electron chi connectivity index (χ0n) is 13.4. The van der Waals surface area contributed by atoms with Crippen LogP contribution in [-0.2, 0) is 4.79 Å². The number of amides is 1. The van der Waals surface area contributed by atoms with E-state index in [1.807, 2.05) is 18.7 Å². The smallest absolute Gasteiger partial charge is 0.351 e. The third kappa shape index (κ3) is 4.84. The van der Waals surface area contributed by atoms with Crippen molar-refractivity contribution in [3.8, 4) is 0 Å². The number of hydrogen-bond acceptors (Lipinski definition) is 5. The van der Waals surface area contributed by atoms with Gasteiger partial charge in [0.25, 0.3) is 5.95 Å². The minimum Gasteiger partial charge on any atom is -0.351 e. The second-order valence-corrected chi connectivity index (χ2v) is 6.22. The average Bonchev–Trinajstić information content (AvgIpc) is 3.02. The summed E-state index contributed by atoms with van der Waals surface area (Å²) in [6.45, 7) is 6.80. The van der Waals surface area contributed by atoms with E-state index in [0.29, 0.717) is 24.9 Å². The van der Waals surface area contributed by atoms with Crippen LogP contribution in [0.25, 0.3) is 0 Å². The molecular formula is C14H21F3N4O2. The first-order chi connectivity index (χ1) is 10.7. The summed E-state index contributed by atoms with van der Waals surface area (Å²) in [4.78, 5) is 17.8. The number of halogens is 3. The fourth-order valence-corrected chi connectivity index (χ4v) is 2.77. The van der Waals surface area contributed by atoms with E-state index in [-0.39, 0.29) is 17.9 Å². The van der Waals surface area contributed by atoms with Gasteiger partial charge in [0.2, 0.25) is 11.8 Å². The molecule has 1 aliphatic rings. The number of nitrogens with one attached hydrogen (secondary N) is 1. The molecule has 1 aliphatic heterocycles. The molecule has 2 rings (SSSR count). The second kappa shape index (κ2) is 6.76. The number of hydrogen-bond donors (Lipinski definition) is 1. The van der Waals surface area contributed by atoms with E-state index in [4.69, 9.17) is 4.52 Å². The molecule has 1 amide bonds. The summed E-state index contributed by atoms with van der Waals surface area (Å²) in [5.74, 6) is 0.688. The molecule has 6 nitrogen and oxygen atoms in total. The van der Waals surface area contributed by atoms with Crippen molar-refractivity contribution in [3.63, 3.8) is 0 Å². The van der Waals surface area contributed by atoms with Crippen LogP contribution in [0, 0.1) is 18.8 Å². The van der Waals surface area contributed by atoms with Crippen LogP contribution >= 0.6 is 0 Å². The molecule has 0 spiro atoms. The fourth-order valence-electron chi connectivity index (χ4n) is 2.77. The van der Waals surface area contributed by atoms with Crippen LogP contribution in [-0.4, -0.2) is 41.4 Å². The van der Waals surface area contributed by atoms with E-state index in [1.54, 1.807) is 6.92 Å². The molecular weight excluding hydrogens is 313 g/mol. The van der Waals surface area contributed by atoms with Crippen LogP contribution in [0.4, 0.5) is 19.1 Å². The van der Waals surface area contributed by atoms with E-state index in [1.165, 1.54) is 0 Å². The zero-order valence-corrected chi connectivity index (χ0v) is 13.4. The molecule has 2 atom stereocenters. The number of aromatic nitrogens is 2. The maximum absolute atomic E-state index is 12.2. The summed E-state index contributed by atoms with van der Waals surface area (Å²) in [5.41, 5.74) is 0. The quantitative estimate of drug-likeness (QED) is 0.895. The molecule has 9 heteroatoms. The van der Waals surface area contributed by atoms with Crippen LogP contribution in [0.15, 0.2) is 4.52 Å². The van der Waals surface area contributed by atoms with Crippen LogP contribution in [0.1, 0.15) is 32.6 Å². The Morgan fingerprint density at radius 2 is 2.13 bits per heavy atom. The Labute approximate surface area is 132 Å². The molecule has 23 heavy (non-hydrogen) atoms. The Bertz CT molecular complexity index is 544. The lowest BCUT2D eigenvalue weighted by atomic mass is 9.91. The van der Waals surface area contributed by atoms with Gasteiger partial charge in [0.05, 0.1) is 12.5 Å². The number of alkyl halides is 3. The number of rotatable bonds is 5. The lowest BCUT2D eigenvalue weighted by Crippen LogP contribution is -2.42. The molecule has 1 aromatic rings. The van der Waals surface area contributed by atoms with Crippen LogP contribution in [0.5, 0.6) is 0 Å². The Balaban J connectivity index is 1.97. The van der Waals surface area contributed by atoms with Crippen molar-refractivity contribution in [2.24, 2.45) is 11.8 Å². The lowest BCUT2D eigenvalue weighted by Gasteiger charge is -2.22. The predicted molar refractivity (Wildman–Crippen MR) is 76.8 cm³/mol. The van der Waals surface area contributed by atoms with Crippen molar-refractivity contribution in [1.82, 2.24) is 15.5 Å². The van der Waals surface area contributed by atoms with Gasteiger partial charge in [0.1, 0.15) is 0 Å². The molecule has 2 heterocycles. The number of anilines is 1. The Hall–Kier alpha value is -1.80. The number of aryl methyl sites for hydroxylation is 1. The number of nitrogens with zero attached hydrogens (tertiary/aromatic N) is 3. The molecule has 0 saturated carbocycles. The third-order valence-electron chi connectivity index (χ3n) is 4.00. The standard InChI is InChI=1S/C14H21F3N4O2/c1-8(2)10-6-21(13-18-9(3)23-20-13)7-11(10)19-12(22)4-5-14(15,16)17/h8,10-11H,4-7H2,1-3H3,(H,19,22)/t10-,11+/m1/s1. The van der Waals surface area contributed by atoms with Gasteiger partial charge in [-0.2, -0.15) is 18.2 Å². The Morgan fingerprint density at radius 3 is 2.65 bits per heavy atom. The van der Waals surface area contributed by atoms with Gasteiger partial charge < -0.3 is 14.7 Å². The van der Waals surface area contributed by atoms with E-state index >= 15 is 0 Å². The van der Waals surface area contributed by atoms with Crippen LogP contribution in [0.2, 0.25) is 0 Å². The molecule has 1 saturated heterocycles. The van der Waals surface area contributed by atoms with E-state index < -0.39 is 24.9 Å². The Kier molecular flexibility index (Phi) is 5.16. The van der Waals surface area contributed by atoms with Gasteiger partial charge in [0, 0.05) is 32.4 Å². The highest BCUT2D eigenvalue weighted by Gasteiger charge is 2.37. The summed E-state index contributed by atoms with van der Waals surface area (Å²) >= 11 is 0. The van der Waals surface area contributed by atoms with Crippen LogP contribution < -0.4 is 10.2 Å². The third-order valence-corrected chi connectivity index (χ3v) is 4.00. The zero-order chi connectivity index (χ0) is 17.2. The first-order valence-electron chi connectivity index (χ1n) is 7.57. The Morgan fingerprint density at radius 1 is 1.43 bits per heavy atom. The van der Waals surface area contributed by atoms with Crippen molar-refractivity contribution >= 4 is 11.9 Å². The van der Waals surface area contributed by atoms with Crippen LogP contribution in [0.3, 0.4) is 0 Å². The molecule has 0 unspecified atom stereocenters. The molecule has 1 N–H and O–H groups in total. The summed E-state index contributed by atoms with van der Waals surface area (Å²) in [7, 11) is 0. The minimum absolute atomic E-state index is 0.114. The topological polar surface area (TPSA) is 71.3 Å². The summed E-state index contributed by atoms with van der Waals surface area (Å²) in [6, 6.07) is -0.227. The number of carbonyl (C=O) groups is 1. The molecule has 0 aromatic carbocycles. The SMILES string of the molecule is Cc1nc(N2C[C@H](NC(=O)CCC(F)(F)F)[C@@H](C(C)C)C2)no1. The average molecular weight is 334 g/mol. The van der Waals surface area contributed by atoms with Gasteiger partial charge in [-0.05, 0) is 11.1 Å². The van der Waals surface area contributed by atoms with Gasteiger partial charge >= 0.3 is 6.18 Å². The van der Waals surface area contributed by atoms with Gasteiger partial charge in [-0.1, -0.05) is 13.8 Å². The van der Waals surface area contributed by atoms with Crippen molar-refractivity contribution in [2.75, 3.05) is 18.0 Å². The van der Waals surface area contributed by atoms with E-state index in [2.05, 4.69) is 15.5 Å². The summed E-state index contributed by atoms with van der Waals surface area (Å²) in [6.07, 6.45) is -5.98. The molecule has 1 fully saturated rings. The normalized spacial score (nSPS) is 22.0. The predicted octanol–water partition coefficient (Wildman–Crippen LogP) is 2.30. The van der Waals surface area contributed by atoms with Crippen molar-refractivity contribution in [2.45, 2.75) is 45.8 Å². The fraction of sp³-hybridized carbons (Fsp3) is 0.786. The van der Waals surface area contributed by atoms with E-state index in [9.17, 15) is 18.0 Å². The molecule has 130 valence electrons. The first kappa shape index (κ1) is 17.6. The minimum atomic E-state index is -4.32. The largest absolute Gasteiger partial charge is 0.389 e. The maximum atomic E-state index is 12.2. The van der Waals surface area contributed by atoms with Gasteiger partial charge in [0.15, 0.2) is 0 Å². The number of carbonyl (C=O) groups excluding carboxylic acids is 1. The maximum Gasteiger partial charge on any atom is 0.389 e. The highest BCUT2D eigenvalue weighted by molar-refractivity contribution is 5.76. The highest BCUT2D eigenvalue weighted by atomic mass is 19.4. The lowest BCUT2D eigenvalue weighted by molar-refractivity contribution is -0.144. The van der Waals surface area contributed by atoms with Gasteiger partial charge in [-0.3, -0.25) is 4.79 Å². The summed E-state index contributed by atoms with van der Waals surface area (Å²) in [5, 5.41) is 6.57. The van der Waals surface area contributed by atoms with E-state index in [0.717, 1.165) is 0 Å². The van der Waals surface area contributed by atoms with Gasteiger partial charge in [-0.15, -0.1) is 0 Å². The monoisotopic (exact) mass is 334 g/mol. The molecule has 0 radical (unpaired) electrons. The van der Waals surface area contributed by atoms with Crippen molar-refractivity contribution in [3.05, 3.63) is 5.89 Å². The molecule has 0 aliphatic carbocycles. The summed E-state index contributed by atoms with van der Waals surface area (Å²) < 4.78 is 41.6. The van der Waals surface area contributed by atoms with Crippen molar-refractivity contribution < 1.29 is 22.5 Å². The highest BCUT2D eigenvalue weighted by Crippen LogP contribution is 2.28. The first-order valence-corrected chi connectivity index (χ1v) is 7.57. The molecule has 0 bridgehead atoms. The molecule has 1 aromatic heterocycles.